The summed E-state index contributed by atoms with van der Waals surface area (Å²) < 4.78 is 34.4. The molecule has 0 aliphatic heterocycles. The molecule has 176 valence electrons. The summed E-state index contributed by atoms with van der Waals surface area (Å²) in [5.41, 5.74) is 2.11. The summed E-state index contributed by atoms with van der Waals surface area (Å²) in [4.78, 5) is 25.1. The number of oxazole rings is 1. The Labute approximate surface area is 199 Å². The van der Waals surface area contributed by atoms with Crippen LogP contribution in [0.1, 0.15) is 67.0 Å². The van der Waals surface area contributed by atoms with Gasteiger partial charge in [-0.15, -0.1) is 5.10 Å². The van der Waals surface area contributed by atoms with Crippen LogP contribution in [0, 0.1) is 17.0 Å². The number of hydrogen-bond acceptors (Lipinski definition) is 7. The van der Waals surface area contributed by atoms with Gasteiger partial charge in [0.15, 0.2) is 5.78 Å². The van der Waals surface area contributed by atoms with Gasteiger partial charge in [-0.2, -0.15) is 5.10 Å². The standard InChI is InChI=1S/C26H21F2N5O2/c1-13(34)20-12-35-24(31-20)19-10-29-11-21(30-19)26-8-7-15(25(26,2)3)14-9-18(32-33-23(14)26)22-16(27)5-4-6-17(22)28/h4-6,9-12,15H,7-8H2,1-3H3/t15-,26-/m0/s1. The van der Waals surface area contributed by atoms with E-state index in [1.54, 1.807) is 18.5 Å². The van der Waals surface area contributed by atoms with Gasteiger partial charge < -0.3 is 4.42 Å². The van der Waals surface area contributed by atoms with Crippen molar-refractivity contribution in [2.24, 2.45) is 5.41 Å². The Kier molecular flexibility index (Phi) is 4.52. The van der Waals surface area contributed by atoms with Gasteiger partial charge >= 0.3 is 0 Å². The average Bonchev–Trinajstić information content (AvgIpc) is 3.48. The molecule has 1 saturated carbocycles. The first-order valence-electron chi connectivity index (χ1n) is 11.4. The highest BCUT2D eigenvalue weighted by Crippen LogP contribution is 2.69. The van der Waals surface area contributed by atoms with E-state index >= 15 is 0 Å². The van der Waals surface area contributed by atoms with Crippen molar-refractivity contribution in [1.82, 2.24) is 25.1 Å². The largest absolute Gasteiger partial charge is 0.442 e. The van der Waals surface area contributed by atoms with Gasteiger partial charge in [0.1, 0.15) is 29.3 Å². The lowest BCUT2D eigenvalue weighted by Crippen LogP contribution is -2.38. The third-order valence-electron chi connectivity index (χ3n) is 7.76. The van der Waals surface area contributed by atoms with Crippen molar-refractivity contribution < 1.29 is 18.0 Å². The van der Waals surface area contributed by atoms with Crippen LogP contribution in [0.3, 0.4) is 0 Å². The molecule has 4 aromatic rings. The van der Waals surface area contributed by atoms with Gasteiger partial charge in [0.05, 0.1) is 34.3 Å². The maximum absolute atomic E-state index is 14.5. The van der Waals surface area contributed by atoms with Crippen LogP contribution in [0.25, 0.3) is 22.8 Å². The van der Waals surface area contributed by atoms with Crippen LogP contribution in [0.15, 0.2) is 47.3 Å². The molecule has 0 amide bonds. The van der Waals surface area contributed by atoms with Crippen molar-refractivity contribution >= 4 is 5.78 Å². The molecule has 2 aliphatic rings. The zero-order valence-corrected chi connectivity index (χ0v) is 19.3. The van der Waals surface area contributed by atoms with E-state index in [4.69, 9.17) is 9.40 Å². The van der Waals surface area contributed by atoms with Crippen LogP contribution in [-0.4, -0.2) is 30.9 Å². The van der Waals surface area contributed by atoms with Gasteiger partial charge in [0.25, 0.3) is 0 Å². The predicted molar refractivity (Wildman–Crippen MR) is 121 cm³/mol. The number of aromatic nitrogens is 5. The summed E-state index contributed by atoms with van der Waals surface area (Å²) in [5.74, 6) is -1.23. The number of nitrogens with zero attached hydrogens (tertiary/aromatic N) is 5. The van der Waals surface area contributed by atoms with Crippen molar-refractivity contribution in [3.05, 3.63) is 77.2 Å². The lowest BCUT2D eigenvalue weighted by atomic mass is 9.66. The molecule has 35 heavy (non-hydrogen) atoms. The Morgan fingerprint density at radius 3 is 2.57 bits per heavy atom. The maximum Gasteiger partial charge on any atom is 0.247 e. The Bertz CT molecular complexity index is 1500. The van der Waals surface area contributed by atoms with Gasteiger partial charge in [-0.1, -0.05) is 19.9 Å². The smallest absolute Gasteiger partial charge is 0.247 e. The fraction of sp³-hybridized carbons (Fsp3) is 0.308. The predicted octanol–water partition coefficient (Wildman–Crippen LogP) is 5.27. The summed E-state index contributed by atoms with van der Waals surface area (Å²) in [7, 11) is 0. The molecule has 2 bridgehead atoms. The van der Waals surface area contributed by atoms with Crippen molar-refractivity contribution in [2.75, 3.05) is 0 Å². The first-order chi connectivity index (χ1) is 16.7. The Hall–Kier alpha value is -3.88. The normalized spacial score (nSPS) is 21.8. The summed E-state index contributed by atoms with van der Waals surface area (Å²) in [6.45, 7) is 5.73. The van der Waals surface area contributed by atoms with E-state index in [1.165, 1.54) is 31.4 Å². The van der Waals surface area contributed by atoms with Crippen LogP contribution in [0.4, 0.5) is 8.78 Å². The van der Waals surface area contributed by atoms with E-state index < -0.39 is 17.0 Å². The lowest BCUT2D eigenvalue weighted by Gasteiger charge is -2.37. The van der Waals surface area contributed by atoms with E-state index in [0.29, 0.717) is 11.4 Å². The number of fused-ring (bicyclic) bond motifs is 5. The quantitative estimate of drug-likeness (QED) is 0.373. The Morgan fingerprint density at radius 2 is 1.86 bits per heavy atom. The highest BCUT2D eigenvalue weighted by atomic mass is 19.1. The highest BCUT2D eigenvalue weighted by Gasteiger charge is 2.65. The van der Waals surface area contributed by atoms with Crippen LogP contribution in [-0.2, 0) is 5.41 Å². The summed E-state index contributed by atoms with van der Waals surface area (Å²) in [6, 6.07) is 5.52. The van der Waals surface area contributed by atoms with Gasteiger partial charge in [-0.3, -0.25) is 9.78 Å². The number of carbonyl (C=O) groups excluding carboxylic acids is 1. The zero-order chi connectivity index (χ0) is 24.5. The van der Waals surface area contributed by atoms with Gasteiger partial charge in [0, 0.05) is 13.1 Å². The summed E-state index contributed by atoms with van der Waals surface area (Å²) in [6.07, 6.45) is 6.20. The molecule has 9 heteroatoms. The molecule has 0 radical (unpaired) electrons. The fourth-order valence-corrected chi connectivity index (χ4v) is 5.98. The molecule has 3 heterocycles. The molecule has 6 rings (SSSR count). The monoisotopic (exact) mass is 473 g/mol. The number of halogens is 2. The van der Waals surface area contributed by atoms with E-state index in [-0.39, 0.29) is 40.0 Å². The average molecular weight is 473 g/mol. The molecular weight excluding hydrogens is 452 g/mol. The molecule has 3 aromatic heterocycles. The summed E-state index contributed by atoms with van der Waals surface area (Å²) in [5, 5.41) is 8.79. The molecule has 0 saturated heterocycles. The van der Waals surface area contributed by atoms with Gasteiger partial charge in [-0.05, 0) is 47.9 Å². The molecule has 0 spiro atoms. The molecule has 7 nitrogen and oxygen atoms in total. The molecule has 2 atom stereocenters. The first kappa shape index (κ1) is 21.6. The van der Waals surface area contributed by atoms with E-state index in [1.807, 2.05) is 0 Å². The number of Topliss-reactive ketones (excluding diaryl/α,β-unsaturated/α-hetero) is 1. The van der Waals surface area contributed by atoms with Crippen LogP contribution in [0.5, 0.6) is 0 Å². The van der Waals surface area contributed by atoms with E-state index in [0.717, 1.165) is 24.1 Å². The van der Waals surface area contributed by atoms with Crippen LogP contribution in [0.2, 0.25) is 0 Å². The minimum absolute atomic E-state index is 0.109. The summed E-state index contributed by atoms with van der Waals surface area (Å²) >= 11 is 0. The number of benzene rings is 1. The van der Waals surface area contributed by atoms with Crippen LogP contribution >= 0.6 is 0 Å². The second-order valence-electron chi connectivity index (χ2n) is 9.73. The highest BCUT2D eigenvalue weighted by molar-refractivity contribution is 5.92. The second-order valence-corrected chi connectivity index (χ2v) is 9.73. The third kappa shape index (κ3) is 2.87. The molecule has 2 aliphatic carbocycles. The number of ketones is 1. The number of hydrogen-bond donors (Lipinski definition) is 0. The first-order valence-corrected chi connectivity index (χ1v) is 11.4. The minimum Gasteiger partial charge on any atom is -0.442 e. The lowest BCUT2D eigenvalue weighted by molar-refractivity contribution is 0.101. The Balaban J connectivity index is 1.50. The van der Waals surface area contributed by atoms with Crippen LogP contribution < -0.4 is 0 Å². The van der Waals surface area contributed by atoms with Crippen molar-refractivity contribution in [3.63, 3.8) is 0 Å². The Morgan fingerprint density at radius 1 is 1.09 bits per heavy atom. The molecular formula is C26H21F2N5O2. The van der Waals surface area contributed by atoms with Crippen molar-refractivity contribution in [1.29, 1.82) is 0 Å². The van der Waals surface area contributed by atoms with E-state index in [9.17, 15) is 13.6 Å². The topological polar surface area (TPSA) is 94.7 Å². The molecule has 1 fully saturated rings. The minimum atomic E-state index is -0.675. The van der Waals surface area contributed by atoms with Crippen molar-refractivity contribution in [3.8, 4) is 22.8 Å². The maximum atomic E-state index is 14.5. The van der Waals surface area contributed by atoms with Crippen molar-refractivity contribution in [2.45, 2.75) is 44.9 Å². The zero-order valence-electron chi connectivity index (χ0n) is 19.3. The number of rotatable bonds is 4. The molecule has 0 N–H and O–H groups in total. The molecule has 1 aromatic carbocycles. The third-order valence-corrected chi connectivity index (χ3v) is 7.76. The van der Waals surface area contributed by atoms with E-state index in [2.05, 4.69) is 34.0 Å². The SMILES string of the molecule is CC(=O)c1coc(-c2cncc([C@@]34CC[C@@H](c5cc(-c6c(F)cccc6F)nnc53)C4(C)C)n2)n1. The van der Waals surface area contributed by atoms with Gasteiger partial charge in [0.2, 0.25) is 5.89 Å². The number of carbonyl (C=O) groups is 1. The molecule has 0 unspecified atom stereocenters. The second kappa shape index (κ2) is 7.31. The van der Waals surface area contributed by atoms with Gasteiger partial charge in [-0.25, -0.2) is 18.7 Å². The fourth-order valence-electron chi connectivity index (χ4n) is 5.98.